The third-order valence-corrected chi connectivity index (χ3v) is 8.99. The number of hydrogen-bond acceptors (Lipinski definition) is 6. The fourth-order valence-electron chi connectivity index (χ4n) is 3.30. The number of hydrogen-bond donors (Lipinski definition) is 1. The Morgan fingerprint density at radius 1 is 1.07 bits per heavy atom. The summed E-state index contributed by atoms with van der Waals surface area (Å²) in [5.74, 6) is -0.482. The zero-order valence-electron chi connectivity index (χ0n) is 15.3. The molecule has 1 heterocycles. The van der Waals surface area contributed by atoms with Crippen molar-refractivity contribution in [1.29, 1.82) is 0 Å². The zero-order chi connectivity index (χ0) is 20.4. The molecule has 2 atom stereocenters. The van der Waals surface area contributed by atoms with E-state index in [9.17, 15) is 21.2 Å². The number of rotatable bonds is 7. The molecule has 1 saturated heterocycles. The summed E-state index contributed by atoms with van der Waals surface area (Å²) >= 11 is 0. The Balaban J connectivity index is 1.72. The highest BCUT2D eigenvalue weighted by atomic mass is 32.2. The smallest absolute Gasteiger partial charge is 0.183 e. The average Bonchev–Trinajstić information content (AvgIpc) is 2.98. The van der Waals surface area contributed by atoms with Crippen LogP contribution in [0.1, 0.15) is 5.56 Å². The minimum absolute atomic E-state index is 0.0713. The van der Waals surface area contributed by atoms with Gasteiger partial charge in [0.05, 0.1) is 28.8 Å². The normalized spacial score (nSPS) is 21.5. The first-order valence-corrected chi connectivity index (χ1v) is 12.1. The predicted molar refractivity (Wildman–Crippen MR) is 105 cm³/mol. The lowest BCUT2D eigenvalue weighted by molar-refractivity contribution is 0.414. The standard InChI is InChI=1S/C19H22FNO5S2/c1-26-16-6-2-14(3-7-16)10-11-21-18-12-27(22,23)13-19(18)28(24,25)17-8-4-15(20)5-9-17/h2-9,18-19,21H,10-13H2,1H3. The average molecular weight is 428 g/mol. The van der Waals surface area contributed by atoms with Crippen molar-refractivity contribution in [3.63, 3.8) is 0 Å². The summed E-state index contributed by atoms with van der Waals surface area (Å²) < 4.78 is 68.3. The maximum atomic E-state index is 13.1. The van der Waals surface area contributed by atoms with Gasteiger partial charge in [0.2, 0.25) is 0 Å². The Morgan fingerprint density at radius 3 is 2.32 bits per heavy atom. The molecular formula is C19H22FNO5S2. The molecule has 0 aliphatic carbocycles. The quantitative estimate of drug-likeness (QED) is 0.676. The largest absolute Gasteiger partial charge is 0.497 e. The third-order valence-electron chi connectivity index (χ3n) is 4.82. The van der Waals surface area contributed by atoms with E-state index in [0.29, 0.717) is 13.0 Å². The van der Waals surface area contributed by atoms with Crippen molar-refractivity contribution in [2.75, 3.05) is 25.2 Å². The topological polar surface area (TPSA) is 89.5 Å². The Labute approximate surface area is 164 Å². The first kappa shape index (κ1) is 20.8. The van der Waals surface area contributed by atoms with Crippen molar-refractivity contribution in [3.8, 4) is 5.75 Å². The number of sulfone groups is 2. The van der Waals surface area contributed by atoms with Crippen LogP contribution in [0.4, 0.5) is 4.39 Å². The van der Waals surface area contributed by atoms with Crippen LogP contribution in [0.2, 0.25) is 0 Å². The lowest BCUT2D eigenvalue weighted by Gasteiger charge is -2.20. The maximum absolute atomic E-state index is 13.1. The van der Waals surface area contributed by atoms with Crippen LogP contribution in [-0.2, 0) is 26.1 Å². The predicted octanol–water partition coefficient (Wildman–Crippen LogP) is 1.61. The first-order valence-electron chi connectivity index (χ1n) is 8.77. The second-order valence-corrected chi connectivity index (χ2v) is 11.1. The van der Waals surface area contributed by atoms with E-state index in [4.69, 9.17) is 4.74 Å². The van der Waals surface area contributed by atoms with E-state index in [0.717, 1.165) is 23.4 Å². The molecular weight excluding hydrogens is 405 g/mol. The Morgan fingerprint density at radius 2 is 1.71 bits per heavy atom. The molecule has 0 saturated carbocycles. The van der Waals surface area contributed by atoms with Gasteiger partial charge in [-0.25, -0.2) is 21.2 Å². The van der Waals surface area contributed by atoms with Crippen LogP contribution >= 0.6 is 0 Å². The summed E-state index contributed by atoms with van der Waals surface area (Å²) in [5.41, 5.74) is 1.02. The van der Waals surface area contributed by atoms with Gasteiger partial charge in [-0.05, 0) is 54.9 Å². The van der Waals surface area contributed by atoms with Gasteiger partial charge in [0.25, 0.3) is 0 Å². The molecule has 0 bridgehead atoms. The van der Waals surface area contributed by atoms with Gasteiger partial charge < -0.3 is 10.1 Å². The minimum atomic E-state index is -3.90. The van der Waals surface area contributed by atoms with Crippen molar-refractivity contribution in [2.45, 2.75) is 22.6 Å². The summed E-state index contributed by atoms with van der Waals surface area (Å²) in [5, 5.41) is 1.99. The van der Waals surface area contributed by atoms with Gasteiger partial charge >= 0.3 is 0 Å². The van der Waals surface area contributed by atoms with Gasteiger partial charge in [-0.15, -0.1) is 0 Å². The van der Waals surface area contributed by atoms with E-state index in [2.05, 4.69) is 5.32 Å². The molecule has 1 fully saturated rings. The van der Waals surface area contributed by atoms with Crippen molar-refractivity contribution in [1.82, 2.24) is 5.32 Å². The summed E-state index contributed by atoms with van der Waals surface area (Å²) in [6.45, 7) is 0.432. The molecule has 1 aliphatic rings. The van der Waals surface area contributed by atoms with E-state index >= 15 is 0 Å². The molecule has 0 amide bonds. The Kier molecular flexibility index (Phi) is 6.07. The second-order valence-electron chi connectivity index (χ2n) is 6.77. The van der Waals surface area contributed by atoms with Gasteiger partial charge in [0, 0.05) is 6.04 Å². The monoisotopic (exact) mass is 427 g/mol. The molecule has 9 heteroatoms. The molecule has 0 aromatic heterocycles. The minimum Gasteiger partial charge on any atom is -0.497 e. The van der Waals surface area contributed by atoms with E-state index in [1.165, 1.54) is 12.1 Å². The fraction of sp³-hybridized carbons (Fsp3) is 0.368. The van der Waals surface area contributed by atoms with Gasteiger partial charge in [-0.1, -0.05) is 12.1 Å². The van der Waals surface area contributed by atoms with E-state index in [1.54, 1.807) is 7.11 Å². The molecule has 6 nitrogen and oxygen atoms in total. The van der Waals surface area contributed by atoms with Crippen LogP contribution in [0.5, 0.6) is 5.75 Å². The number of benzene rings is 2. The van der Waals surface area contributed by atoms with Crippen molar-refractivity contribution in [2.24, 2.45) is 0 Å². The lowest BCUT2D eigenvalue weighted by Crippen LogP contribution is -2.44. The van der Waals surface area contributed by atoms with Crippen molar-refractivity contribution >= 4 is 19.7 Å². The van der Waals surface area contributed by atoms with Crippen LogP contribution in [0.25, 0.3) is 0 Å². The maximum Gasteiger partial charge on any atom is 0.183 e. The van der Waals surface area contributed by atoms with Crippen LogP contribution < -0.4 is 10.1 Å². The highest BCUT2D eigenvalue weighted by molar-refractivity contribution is 7.96. The van der Waals surface area contributed by atoms with Crippen LogP contribution in [0, 0.1) is 5.82 Å². The summed E-state index contributed by atoms with van der Waals surface area (Å²) in [4.78, 5) is -0.0713. The zero-order valence-corrected chi connectivity index (χ0v) is 17.0. The fourth-order valence-corrected chi connectivity index (χ4v) is 8.02. The first-order chi connectivity index (χ1) is 13.2. The Hall–Kier alpha value is -1.97. The highest BCUT2D eigenvalue weighted by Crippen LogP contribution is 2.26. The molecule has 2 aromatic carbocycles. The van der Waals surface area contributed by atoms with Gasteiger partial charge in [-0.2, -0.15) is 0 Å². The number of methoxy groups -OCH3 is 1. The molecule has 1 aliphatic heterocycles. The van der Waals surface area contributed by atoms with E-state index in [1.807, 2.05) is 24.3 Å². The molecule has 152 valence electrons. The Bertz CT molecular complexity index is 1020. The number of halogens is 1. The van der Waals surface area contributed by atoms with E-state index < -0.39 is 42.5 Å². The molecule has 2 aromatic rings. The third kappa shape index (κ3) is 4.71. The second kappa shape index (κ2) is 8.18. The summed E-state index contributed by atoms with van der Waals surface area (Å²) in [6.07, 6.45) is 0.615. The summed E-state index contributed by atoms with van der Waals surface area (Å²) in [7, 11) is -5.80. The van der Waals surface area contributed by atoms with Crippen LogP contribution in [0.15, 0.2) is 53.4 Å². The lowest BCUT2D eigenvalue weighted by atomic mass is 10.1. The molecule has 0 radical (unpaired) electrons. The number of ether oxygens (including phenoxy) is 1. The SMILES string of the molecule is COc1ccc(CCNC2CS(=O)(=O)CC2S(=O)(=O)c2ccc(F)cc2)cc1. The summed E-state index contributed by atoms with van der Waals surface area (Å²) in [6, 6.07) is 11.2. The van der Waals surface area contributed by atoms with Crippen LogP contribution in [-0.4, -0.2) is 53.3 Å². The van der Waals surface area contributed by atoms with Gasteiger partial charge in [-0.3, -0.25) is 0 Å². The van der Waals surface area contributed by atoms with Crippen LogP contribution in [0.3, 0.4) is 0 Å². The molecule has 0 spiro atoms. The molecule has 3 rings (SSSR count). The molecule has 28 heavy (non-hydrogen) atoms. The molecule has 2 unspecified atom stereocenters. The molecule has 1 N–H and O–H groups in total. The van der Waals surface area contributed by atoms with Crippen molar-refractivity contribution < 1.29 is 26.0 Å². The van der Waals surface area contributed by atoms with Crippen molar-refractivity contribution in [3.05, 3.63) is 59.9 Å². The van der Waals surface area contributed by atoms with Gasteiger partial charge in [0.1, 0.15) is 11.6 Å². The van der Waals surface area contributed by atoms with E-state index in [-0.39, 0.29) is 10.6 Å². The highest BCUT2D eigenvalue weighted by Gasteiger charge is 2.45. The van der Waals surface area contributed by atoms with Gasteiger partial charge in [0.15, 0.2) is 19.7 Å². The number of nitrogens with one attached hydrogen (secondary N) is 1.